The highest BCUT2D eigenvalue weighted by atomic mass is 16.6. The maximum Gasteiger partial charge on any atom is 0.410 e. The van der Waals surface area contributed by atoms with Gasteiger partial charge in [-0.05, 0) is 37.9 Å². The van der Waals surface area contributed by atoms with Crippen LogP contribution in [0.1, 0.15) is 24.8 Å². The lowest BCUT2D eigenvalue weighted by Crippen LogP contribution is -2.37. The first-order valence-electron chi connectivity index (χ1n) is 7.52. The van der Waals surface area contributed by atoms with E-state index in [2.05, 4.69) is 4.90 Å². The predicted octanol–water partition coefficient (Wildman–Crippen LogP) is 2.49. The average Bonchev–Trinajstić information content (AvgIpc) is 3.16. The number of carbonyl (C=O) groups excluding carboxylic acids is 1. The molecule has 2 aliphatic rings. The number of hydrogen-bond donors (Lipinski definition) is 0. The molecule has 2 aliphatic heterocycles. The van der Waals surface area contributed by atoms with Crippen molar-refractivity contribution in [2.75, 3.05) is 26.2 Å². The second kappa shape index (κ2) is 6.27. The van der Waals surface area contributed by atoms with Crippen molar-refractivity contribution in [2.24, 2.45) is 0 Å². The van der Waals surface area contributed by atoms with Crippen LogP contribution in [0.2, 0.25) is 0 Å². The highest BCUT2D eigenvalue weighted by Gasteiger charge is 2.32. The van der Waals surface area contributed by atoms with Gasteiger partial charge in [0.25, 0.3) is 0 Å². The van der Waals surface area contributed by atoms with Gasteiger partial charge in [0, 0.05) is 19.1 Å². The van der Waals surface area contributed by atoms with Gasteiger partial charge < -0.3 is 9.64 Å². The van der Waals surface area contributed by atoms with Crippen LogP contribution >= 0.6 is 0 Å². The van der Waals surface area contributed by atoms with Crippen LogP contribution in [0.25, 0.3) is 0 Å². The van der Waals surface area contributed by atoms with Crippen LogP contribution in [0, 0.1) is 0 Å². The van der Waals surface area contributed by atoms with Crippen LogP contribution in [0.3, 0.4) is 0 Å². The SMILES string of the molecule is O=C(OCc1ccccc1)N1CCC(N2CCCC2)C1. The van der Waals surface area contributed by atoms with Crippen LogP contribution in [-0.2, 0) is 11.3 Å². The van der Waals surface area contributed by atoms with Crippen LogP contribution in [0.5, 0.6) is 0 Å². The maximum atomic E-state index is 12.1. The van der Waals surface area contributed by atoms with Gasteiger partial charge in [-0.2, -0.15) is 0 Å². The van der Waals surface area contributed by atoms with E-state index in [9.17, 15) is 4.79 Å². The van der Waals surface area contributed by atoms with E-state index in [0.717, 1.165) is 25.1 Å². The molecule has 2 saturated heterocycles. The van der Waals surface area contributed by atoms with Crippen molar-refractivity contribution < 1.29 is 9.53 Å². The second-order valence-corrected chi connectivity index (χ2v) is 5.67. The van der Waals surface area contributed by atoms with Crippen molar-refractivity contribution in [2.45, 2.75) is 31.9 Å². The Kier molecular flexibility index (Phi) is 4.21. The predicted molar refractivity (Wildman–Crippen MR) is 77.4 cm³/mol. The van der Waals surface area contributed by atoms with E-state index in [1.807, 2.05) is 35.2 Å². The largest absolute Gasteiger partial charge is 0.445 e. The zero-order valence-electron chi connectivity index (χ0n) is 11.8. The van der Waals surface area contributed by atoms with E-state index in [-0.39, 0.29) is 6.09 Å². The van der Waals surface area contributed by atoms with Gasteiger partial charge in [0.05, 0.1) is 0 Å². The standard InChI is InChI=1S/C16H22N2O2/c19-16(20-13-14-6-2-1-3-7-14)18-11-8-15(12-18)17-9-4-5-10-17/h1-3,6-7,15H,4-5,8-13H2. The minimum atomic E-state index is -0.171. The summed E-state index contributed by atoms with van der Waals surface area (Å²) in [4.78, 5) is 16.4. The van der Waals surface area contributed by atoms with Crippen molar-refractivity contribution in [3.8, 4) is 0 Å². The molecule has 20 heavy (non-hydrogen) atoms. The Bertz CT molecular complexity index is 443. The van der Waals surface area contributed by atoms with E-state index in [0.29, 0.717) is 12.6 Å². The Morgan fingerprint density at radius 2 is 1.90 bits per heavy atom. The Labute approximate surface area is 120 Å². The summed E-state index contributed by atoms with van der Waals surface area (Å²) in [5.74, 6) is 0. The molecule has 0 radical (unpaired) electrons. The second-order valence-electron chi connectivity index (χ2n) is 5.67. The lowest BCUT2D eigenvalue weighted by molar-refractivity contribution is 0.101. The smallest absolute Gasteiger partial charge is 0.410 e. The summed E-state index contributed by atoms with van der Waals surface area (Å²) < 4.78 is 5.39. The first-order valence-corrected chi connectivity index (χ1v) is 7.52. The fourth-order valence-electron chi connectivity index (χ4n) is 3.12. The van der Waals surface area contributed by atoms with Gasteiger partial charge in [0.2, 0.25) is 0 Å². The third kappa shape index (κ3) is 3.12. The molecule has 0 aliphatic carbocycles. The molecule has 0 bridgehead atoms. The van der Waals surface area contributed by atoms with Gasteiger partial charge in [-0.25, -0.2) is 4.79 Å². The van der Waals surface area contributed by atoms with E-state index in [4.69, 9.17) is 4.74 Å². The van der Waals surface area contributed by atoms with Crippen molar-refractivity contribution >= 4 is 6.09 Å². The third-order valence-electron chi connectivity index (χ3n) is 4.28. The van der Waals surface area contributed by atoms with E-state index < -0.39 is 0 Å². The molecule has 108 valence electrons. The molecule has 0 aromatic heterocycles. The number of nitrogens with zero attached hydrogens (tertiary/aromatic N) is 2. The zero-order chi connectivity index (χ0) is 13.8. The number of rotatable bonds is 3. The summed E-state index contributed by atoms with van der Waals surface area (Å²) in [7, 11) is 0. The molecule has 0 spiro atoms. The number of likely N-dealkylation sites (tertiary alicyclic amines) is 2. The van der Waals surface area contributed by atoms with Crippen LogP contribution in [0.15, 0.2) is 30.3 Å². The van der Waals surface area contributed by atoms with Gasteiger partial charge in [-0.15, -0.1) is 0 Å². The summed E-state index contributed by atoms with van der Waals surface area (Å²) in [5, 5.41) is 0. The first-order chi connectivity index (χ1) is 9.83. The molecule has 1 atom stereocenters. The average molecular weight is 274 g/mol. The fourth-order valence-corrected chi connectivity index (χ4v) is 3.12. The molecular formula is C16H22N2O2. The minimum absolute atomic E-state index is 0.171. The molecule has 0 saturated carbocycles. The van der Waals surface area contributed by atoms with Gasteiger partial charge in [0.1, 0.15) is 6.61 Å². The van der Waals surface area contributed by atoms with Crippen molar-refractivity contribution in [3.05, 3.63) is 35.9 Å². The molecule has 0 N–H and O–H groups in total. The van der Waals surface area contributed by atoms with Crippen LogP contribution in [0.4, 0.5) is 4.79 Å². The van der Waals surface area contributed by atoms with E-state index in [1.165, 1.54) is 25.9 Å². The summed E-state index contributed by atoms with van der Waals surface area (Å²) in [6.45, 7) is 4.40. The van der Waals surface area contributed by atoms with E-state index >= 15 is 0 Å². The Balaban J connectivity index is 1.46. The highest BCUT2D eigenvalue weighted by molar-refractivity contribution is 5.68. The van der Waals surface area contributed by atoms with E-state index in [1.54, 1.807) is 0 Å². The lowest BCUT2D eigenvalue weighted by Gasteiger charge is -2.23. The normalized spacial score (nSPS) is 23.2. The van der Waals surface area contributed by atoms with Crippen molar-refractivity contribution in [1.29, 1.82) is 0 Å². The monoisotopic (exact) mass is 274 g/mol. The topological polar surface area (TPSA) is 32.8 Å². The Morgan fingerprint density at radius 1 is 1.15 bits per heavy atom. The molecule has 2 heterocycles. The number of benzene rings is 1. The Hall–Kier alpha value is -1.55. The molecule has 3 rings (SSSR count). The quantitative estimate of drug-likeness (QED) is 0.849. The summed E-state index contributed by atoms with van der Waals surface area (Å²) in [5.41, 5.74) is 1.04. The molecule has 1 aromatic carbocycles. The summed E-state index contributed by atoms with van der Waals surface area (Å²) in [6, 6.07) is 10.4. The van der Waals surface area contributed by atoms with Crippen LogP contribution in [-0.4, -0.2) is 48.1 Å². The zero-order valence-corrected chi connectivity index (χ0v) is 11.8. The molecule has 4 heteroatoms. The highest BCUT2D eigenvalue weighted by Crippen LogP contribution is 2.21. The molecule has 2 fully saturated rings. The molecule has 4 nitrogen and oxygen atoms in total. The minimum Gasteiger partial charge on any atom is -0.445 e. The third-order valence-corrected chi connectivity index (χ3v) is 4.28. The molecule has 1 unspecified atom stereocenters. The van der Waals surface area contributed by atoms with Crippen molar-refractivity contribution in [3.63, 3.8) is 0 Å². The van der Waals surface area contributed by atoms with Crippen molar-refractivity contribution in [1.82, 2.24) is 9.80 Å². The lowest BCUT2D eigenvalue weighted by atomic mass is 10.2. The Morgan fingerprint density at radius 3 is 2.65 bits per heavy atom. The number of ether oxygens (including phenoxy) is 1. The number of hydrogen-bond acceptors (Lipinski definition) is 3. The van der Waals surface area contributed by atoms with Gasteiger partial charge in [-0.1, -0.05) is 30.3 Å². The maximum absolute atomic E-state index is 12.1. The molecule has 1 amide bonds. The van der Waals surface area contributed by atoms with Crippen LogP contribution < -0.4 is 0 Å². The number of carbonyl (C=O) groups is 1. The van der Waals surface area contributed by atoms with Gasteiger partial charge >= 0.3 is 6.09 Å². The summed E-state index contributed by atoms with van der Waals surface area (Å²) in [6.07, 6.45) is 3.51. The molecule has 1 aromatic rings. The first kappa shape index (κ1) is 13.4. The number of amides is 1. The van der Waals surface area contributed by atoms with Gasteiger partial charge in [-0.3, -0.25) is 4.90 Å². The molecular weight excluding hydrogens is 252 g/mol. The summed E-state index contributed by atoms with van der Waals surface area (Å²) >= 11 is 0. The fraction of sp³-hybridized carbons (Fsp3) is 0.562. The van der Waals surface area contributed by atoms with Gasteiger partial charge in [0.15, 0.2) is 0 Å².